The highest BCUT2D eigenvalue weighted by molar-refractivity contribution is 6.00. The number of carbonyl (C=O) groups excluding carboxylic acids is 2. The Bertz CT molecular complexity index is 1050. The highest BCUT2D eigenvalue weighted by atomic mass is 16.6. The van der Waals surface area contributed by atoms with Crippen molar-refractivity contribution in [2.24, 2.45) is 0 Å². The SMILES string of the molecule is Cc1oc(-c2ccccc2)nc1C/C=C/c1ccc(CC2OC(=O)NC2=O)cc1. The molecule has 6 nitrogen and oxygen atoms in total. The zero-order valence-electron chi connectivity index (χ0n) is 15.9. The molecule has 1 saturated heterocycles. The van der Waals surface area contributed by atoms with E-state index >= 15 is 0 Å². The van der Waals surface area contributed by atoms with Crippen molar-refractivity contribution in [1.29, 1.82) is 0 Å². The first-order valence-electron chi connectivity index (χ1n) is 9.37. The summed E-state index contributed by atoms with van der Waals surface area (Å²) in [5, 5.41) is 2.13. The van der Waals surface area contributed by atoms with E-state index in [1.165, 1.54) is 0 Å². The number of hydrogen-bond acceptors (Lipinski definition) is 5. The lowest BCUT2D eigenvalue weighted by Crippen LogP contribution is -2.25. The zero-order valence-corrected chi connectivity index (χ0v) is 15.9. The van der Waals surface area contributed by atoms with Gasteiger partial charge in [0.15, 0.2) is 6.10 Å². The number of nitrogens with zero attached hydrogens (tertiary/aromatic N) is 1. The summed E-state index contributed by atoms with van der Waals surface area (Å²) < 4.78 is 10.7. The Morgan fingerprint density at radius 1 is 1.07 bits per heavy atom. The molecule has 0 spiro atoms. The normalized spacial score (nSPS) is 16.2. The van der Waals surface area contributed by atoms with Crippen molar-refractivity contribution >= 4 is 18.1 Å². The van der Waals surface area contributed by atoms with Gasteiger partial charge in [0.05, 0.1) is 5.69 Å². The summed E-state index contributed by atoms with van der Waals surface area (Å²) in [4.78, 5) is 27.2. The molecule has 1 atom stereocenters. The molecule has 1 unspecified atom stereocenters. The number of imide groups is 1. The van der Waals surface area contributed by atoms with E-state index in [4.69, 9.17) is 9.15 Å². The van der Waals surface area contributed by atoms with Gasteiger partial charge in [-0.1, -0.05) is 54.6 Å². The van der Waals surface area contributed by atoms with Gasteiger partial charge in [0.2, 0.25) is 5.89 Å². The van der Waals surface area contributed by atoms with E-state index in [1.807, 2.05) is 73.7 Å². The quantitative estimate of drug-likeness (QED) is 0.688. The van der Waals surface area contributed by atoms with Gasteiger partial charge in [-0.15, -0.1) is 0 Å². The van der Waals surface area contributed by atoms with Crippen LogP contribution >= 0.6 is 0 Å². The van der Waals surface area contributed by atoms with E-state index < -0.39 is 18.1 Å². The van der Waals surface area contributed by atoms with Crippen LogP contribution in [0.3, 0.4) is 0 Å². The number of aromatic nitrogens is 1. The van der Waals surface area contributed by atoms with E-state index in [0.29, 0.717) is 18.7 Å². The Labute approximate surface area is 168 Å². The molecular weight excluding hydrogens is 368 g/mol. The molecule has 1 aliphatic rings. The maximum absolute atomic E-state index is 11.6. The first kappa shape index (κ1) is 18.7. The molecule has 0 bridgehead atoms. The summed E-state index contributed by atoms with van der Waals surface area (Å²) >= 11 is 0. The third-order valence-electron chi connectivity index (χ3n) is 4.70. The molecule has 2 heterocycles. The molecular formula is C23H20N2O4. The Morgan fingerprint density at radius 3 is 2.52 bits per heavy atom. The second kappa shape index (κ2) is 8.14. The van der Waals surface area contributed by atoms with E-state index in [9.17, 15) is 9.59 Å². The molecule has 1 fully saturated rings. The lowest BCUT2D eigenvalue weighted by molar-refractivity contribution is -0.123. The number of aryl methyl sites for hydroxylation is 1. The van der Waals surface area contributed by atoms with E-state index in [1.54, 1.807) is 0 Å². The fourth-order valence-electron chi connectivity index (χ4n) is 3.13. The van der Waals surface area contributed by atoms with Gasteiger partial charge >= 0.3 is 6.09 Å². The van der Waals surface area contributed by atoms with Crippen LogP contribution in [0, 0.1) is 6.92 Å². The topological polar surface area (TPSA) is 81.4 Å². The number of allylic oxidation sites excluding steroid dienone is 1. The smallest absolute Gasteiger partial charge is 0.414 e. The number of alkyl carbamates (subject to hydrolysis) is 1. The maximum atomic E-state index is 11.6. The number of carbonyl (C=O) groups is 2. The lowest BCUT2D eigenvalue weighted by atomic mass is 10.0. The predicted octanol–water partition coefficient (Wildman–Crippen LogP) is 4.08. The number of nitrogens with one attached hydrogen (secondary N) is 1. The van der Waals surface area contributed by atoms with Crippen molar-refractivity contribution in [3.63, 3.8) is 0 Å². The number of cyclic esters (lactones) is 1. The number of amides is 2. The molecule has 4 rings (SSSR count). The minimum absolute atomic E-state index is 0.363. The predicted molar refractivity (Wildman–Crippen MR) is 108 cm³/mol. The van der Waals surface area contributed by atoms with Crippen molar-refractivity contribution in [2.75, 3.05) is 0 Å². The minimum atomic E-state index is -0.752. The highest BCUT2D eigenvalue weighted by Crippen LogP contribution is 2.22. The largest absolute Gasteiger partial charge is 0.441 e. The molecule has 29 heavy (non-hydrogen) atoms. The minimum Gasteiger partial charge on any atom is -0.441 e. The molecule has 146 valence electrons. The van der Waals surface area contributed by atoms with Crippen LogP contribution in [0.5, 0.6) is 0 Å². The zero-order chi connectivity index (χ0) is 20.2. The van der Waals surface area contributed by atoms with Crippen LogP contribution in [0.25, 0.3) is 17.5 Å². The number of ether oxygens (including phenoxy) is 1. The van der Waals surface area contributed by atoms with E-state index in [2.05, 4.69) is 10.3 Å². The van der Waals surface area contributed by atoms with Crippen LogP contribution < -0.4 is 5.32 Å². The molecule has 2 amide bonds. The lowest BCUT2D eigenvalue weighted by Gasteiger charge is -2.06. The maximum Gasteiger partial charge on any atom is 0.414 e. The summed E-state index contributed by atoms with van der Waals surface area (Å²) in [6.45, 7) is 1.92. The highest BCUT2D eigenvalue weighted by Gasteiger charge is 2.31. The van der Waals surface area contributed by atoms with Crippen molar-refractivity contribution in [2.45, 2.75) is 25.9 Å². The van der Waals surface area contributed by atoms with Crippen LogP contribution in [0.2, 0.25) is 0 Å². The third kappa shape index (κ3) is 4.43. The second-order valence-electron chi connectivity index (χ2n) is 6.82. The summed E-state index contributed by atoms with van der Waals surface area (Å²) in [7, 11) is 0. The monoisotopic (exact) mass is 388 g/mol. The third-order valence-corrected chi connectivity index (χ3v) is 4.70. The average Bonchev–Trinajstić information content (AvgIpc) is 3.25. The van der Waals surface area contributed by atoms with Gasteiger partial charge in [-0.25, -0.2) is 9.78 Å². The van der Waals surface area contributed by atoms with Crippen LogP contribution in [0.4, 0.5) is 4.79 Å². The average molecular weight is 388 g/mol. The molecule has 1 N–H and O–H groups in total. The molecule has 2 aromatic carbocycles. The van der Waals surface area contributed by atoms with Crippen LogP contribution in [0.15, 0.2) is 65.1 Å². The Balaban J connectivity index is 1.37. The number of rotatable bonds is 6. The van der Waals surface area contributed by atoms with Crippen LogP contribution in [0.1, 0.15) is 22.6 Å². The van der Waals surface area contributed by atoms with Gasteiger partial charge in [0.1, 0.15) is 5.76 Å². The summed E-state index contributed by atoms with van der Waals surface area (Å²) in [5.41, 5.74) is 3.83. The van der Waals surface area contributed by atoms with Crippen LogP contribution in [-0.4, -0.2) is 23.1 Å². The van der Waals surface area contributed by atoms with Crippen LogP contribution in [-0.2, 0) is 22.4 Å². The first-order chi connectivity index (χ1) is 14.1. The first-order valence-corrected chi connectivity index (χ1v) is 9.37. The van der Waals surface area contributed by atoms with Gasteiger partial charge in [-0.2, -0.15) is 0 Å². The van der Waals surface area contributed by atoms with Crippen molar-refractivity contribution in [1.82, 2.24) is 10.3 Å². The Morgan fingerprint density at radius 2 is 1.83 bits per heavy atom. The number of oxazole rings is 1. The second-order valence-corrected chi connectivity index (χ2v) is 6.82. The van der Waals surface area contributed by atoms with Crippen molar-refractivity contribution in [3.05, 3.63) is 83.3 Å². The van der Waals surface area contributed by atoms with E-state index in [-0.39, 0.29) is 0 Å². The Hall–Kier alpha value is -3.67. The molecule has 0 radical (unpaired) electrons. The summed E-state index contributed by atoms with van der Waals surface area (Å²) in [6.07, 6.45) is 3.66. The summed E-state index contributed by atoms with van der Waals surface area (Å²) in [5.74, 6) is 1.05. The molecule has 1 aliphatic heterocycles. The molecule has 6 heteroatoms. The van der Waals surface area contributed by atoms with Gasteiger partial charge in [-0.3, -0.25) is 10.1 Å². The standard InChI is InChI=1S/C23H20N2O4/c1-15-19(24-22(28-15)18-7-3-2-4-8-18)9-5-6-16-10-12-17(13-11-16)14-20-21(26)25-23(27)29-20/h2-8,10-13,20H,9,14H2,1H3,(H,25,26,27)/b6-5+. The fourth-order valence-corrected chi connectivity index (χ4v) is 3.13. The molecule has 0 aliphatic carbocycles. The molecule has 3 aromatic rings. The van der Waals surface area contributed by atoms with Gasteiger partial charge in [0.25, 0.3) is 5.91 Å². The van der Waals surface area contributed by atoms with E-state index in [0.717, 1.165) is 28.1 Å². The number of benzene rings is 2. The fraction of sp³-hybridized carbons (Fsp3) is 0.174. The number of hydrogen-bond donors (Lipinski definition) is 1. The summed E-state index contributed by atoms with van der Waals surface area (Å²) in [6, 6.07) is 17.6. The molecule has 0 saturated carbocycles. The van der Waals surface area contributed by atoms with Gasteiger partial charge in [0, 0.05) is 18.4 Å². The van der Waals surface area contributed by atoms with Crippen molar-refractivity contribution in [3.8, 4) is 11.5 Å². The van der Waals surface area contributed by atoms with Gasteiger partial charge < -0.3 is 9.15 Å². The van der Waals surface area contributed by atoms with Gasteiger partial charge in [-0.05, 0) is 30.2 Å². The molecule has 1 aromatic heterocycles. The Kier molecular flexibility index (Phi) is 5.24. The van der Waals surface area contributed by atoms with Crippen molar-refractivity contribution < 1.29 is 18.7 Å².